The Morgan fingerprint density at radius 2 is 2.16 bits per heavy atom. The zero-order valence-electron chi connectivity index (χ0n) is 10.6. The molecule has 8 heteroatoms. The fourth-order valence-corrected chi connectivity index (χ4v) is 4.70. The molecule has 0 bridgehead atoms. The lowest BCUT2D eigenvalue weighted by Gasteiger charge is -2.33. The van der Waals surface area contributed by atoms with Crippen molar-refractivity contribution in [1.82, 2.24) is 15.1 Å². The molecule has 3 heterocycles. The lowest BCUT2D eigenvalue weighted by Crippen LogP contribution is -2.57. The molecule has 0 aliphatic carbocycles. The van der Waals surface area contributed by atoms with Crippen LogP contribution in [0.4, 0.5) is 0 Å². The van der Waals surface area contributed by atoms with Crippen LogP contribution in [0.25, 0.3) is 0 Å². The first-order valence-electron chi connectivity index (χ1n) is 6.25. The molecule has 7 nitrogen and oxygen atoms in total. The largest absolute Gasteiger partial charge is 0.480 e. The Bertz CT molecular complexity index is 485. The number of carboxylic acid groups (broad SMARTS) is 1. The van der Waals surface area contributed by atoms with Gasteiger partial charge in [0.05, 0.1) is 6.04 Å². The predicted octanol–water partition coefficient (Wildman–Crippen LogP) is -0.761. The van der Waals surface area contributed by atoms with Gasteiger partial charge in [0.2, 0.25) is 16.9 Å². The molecule has 2 amide bonds. The predicted molar refractivity (Wildman–Crippen MR) is 67.0 cm³/mol. The molecule has 2 N–H and O–H groups in total. The van der Waals surface area contributed by atoms with Crippen molar-refractivity contribution in [1.29, 1.82) is 0 Å². The SMILES string of the molecule is CC[C@@H]1NC23SC[C@@H](C(=O)O)N2C(=O)[C@H](C)N3C1=O. The van der Waals surface area contributed by atoms with Gasteiger partial charge >= 0.3 is 5.97 Å². The molecule has 104 valence electrons. The Labute approximate surface area is 114 Å². The fourth-order valence-electron chi connectivity index (χ4n) is 3.05. The third-order valence-corrected chi connectivity index (χ3v) is 5.38. The van der Waals surface area contributed by atoms with E-state index in [-0.39, 0.29) is 17.9 Å². The van der Waals surface area contributed by atoms with Gasteiger partial charge in [-0.1, -0.05) is 18.7 Å². The number of thioether (sulfide) groups is 1. The molecule has 1 unspecified atom stereocenters. The molecule has 3 saturated heterocycles. The van der Waals surface area contributed by atoms with Crippen LogP contribution >= 0.6 is 11.8 Å². The highest BCUT2D eigenvalue weighted by atomic mass is 32.2. The number of rotatable bonds is 2. The second-order valence-electron chi connectivity index (χ2n) is 4.97. The van der Waals surface area contributed by atoms with E-state index in [2.05, 4.69) is 5.32 Å². The van der Waals surface area contributed by atoms with Gasteiger partial charge < -0.3 is 5.11 Å². The van der Waals surface area contributed by atoms with E-state index in [1.807, 2.05) is 6.92 Å². The average molecular weight is 285 g/mol. The first-order chi connectivity index (χ1) is 8.94. The van der Waals surface area contributed by atoms with E-state index >= 15 is 0 Å². The van der Waals surface area contributed by atoms with Crippen LogP contribution in [-0.2, 0) is 14.4 Å². The van der Waals surface area contributed by atoms with Gasteiger partial charge in [0.25, 0.3) is 0 Å². The highest BCUT2D eigenvalue weighted by Crippen LogP contribution is 2.49. The Morgan fingerprint density at radius 1 is 1.47 bits per heavy atom. The van der Waals surface area contributed by atoms with Crippen molar-refractivity contribution in [2.45, 2.75) is 43.5 Å². The third kappa shape index (κ3) is 1.35. The number of hydrogen-bond donors (Lipinski definition) is 2. The van der Waals surface area contributed by atoms with E-state index in [0.29, 0.717) is 12.2 Å². The Hall–Kier alpha value is -1.28. The van der Waals surface area contributed by atoms with Gasteiger partial charge in [0, 0.05) is 5.75 Å². The van der Waals surface area contributed by atoms with Crippen LogP contribution in [-0.4, -0.2) is 61.7 Å². The minimum atomic E-state index is -1.03. The summed E-state index contributed by atoms with van der Waals surface area (Å²) in [6.45, 7) is 3.54. The molecule has 3 aliphatic rings. The number of carbonyl (C=O) groups excluding carboxylic acids is 2. The van der Waals surface area contributed by atoms with E-state index in [1.54, 1.807) is 6.92 Å². The summed E-state index contributed by atoms with van der Waals surface area (Å²) in [7, 11) is 0. The topological polar surface area (TPSA) is 89.9 Å². The minimum Gasteiger partial charge on any atom is -0.480 e. The van der Waals surface area contributed by atoms with Crippen LogP contribution in [0.2, 0.25) is 0 Å². The summed E-state index contributed by atoms with van der Waals surface area (Å²) in [6, 6.07) is -1.83. The van der Waals surface area contributed by atoms with Gasteiger partial charge in [-0.2, -0.15) is 0 Å². The fraction of sp³-hybridized carbons (Fsp3) is 0.727. The van der Waals surface area contributed by atoms with E-state index in [9.17, 15) is 19.5 Å². The number of aliphatic carboxylic acids is 1. The van der Waals surface area contributed by atoms with Crippen LogP contribution in [0.1, 0.15) is 20.3 Å². The van der Waals surface area contributed by atoms with Crippen molar-refractivity contribution in [3.8, 4) is 0 Å². The maximum atomic E-state index is 12.3. The zero-order valence-corrected chi connectivity index (χ0v) is 11.4. The Balaban J connectivity index is 2.06. The first-order valence-corrected chi connectivity index (χ1v) is 7.23. The molecule has 0 aromatic heterocycles. The van der Waals surface area contributed by atoms with E-state index in [1.165, 1.54) is 21.6 Å². The average Bonchev–Trinajstić information content (AvgIpc) is 2.92. The first kappa shape index (κ1) is 12.7. The molecular formula is C11H15N3O4S. The normalized spacial score (nSPS) is 40.8. The van der Waals surface area contributed by atoms with Crippen LogP contribution in [0.3, 0.4) is 0 Å². The number of nitrogens with one attached hydrogen (secondary N) is 1. The highest BCUT2D eigenvalue weighted by molar-refractivity contribution is 8.00. The number of nitrogens with zero attached hydrogens (tertiary/aromatic N) is 2. The van der Waals surface area contributed by atoms with E-state index in [0.717, 1.165) is 0 Å². The Morgan fingerprint density at radius 3 is 2.74 bits per heavy atom. The maximum absolute atomic E-state index is 12.3. The number of amides is 2. The lowest BCUT2D eigenvalue weighted by molar-refractivity contribution is -0.149. The quantitative estimate of drug-likeness (QED) is 0.693. The molecule has 0 aromatic rings. The van der Waals surface area contributed by atoms with Crippen molar-refractivity contribution < 1.29 is 19.5 Å². The summed E-state index contributed by atoms with van der Waals surface area (Å²) in [4.78, 5) is 38.7. The molecule has 3 fully saturated rings. The number of hydrogen-bond acceptors (Lipinski definition) is 5. The van der Waals surface area contributed by atoms with Gasteiger partial charge in [-0.15, -0.1) is 0 Å². The monoisotopic (exact) mass is 285 g/mol. The third-order valence-electron chi connectivity index (χ3n) is 3.98. The van der Waals surface area contributed by atoms with Crippen molar-refractivity contribution in [3.05, 3.63) is 0 Å². The van der Waals surface area contributed by atoms with Crippen molar-refractivity contribution in [2.75, 3.05) is 5.75 Å². The van der Waals surface area contributed by atoms with Gasteiger partial charge in [-0.25, -0.2) is 4.79 Å². The summed E-state index contributed by atoms with van der Waals surface area (Å²) < 4.78 is 0. The second-order valence-corrected chi connectivity index (χ2v) is 6.16. The molecule has 3 aliphatic heterocycles. The molecule has 3 rings (SSSR count). The van der Waals surface area contributed by atoms with Crippen molar-refractivity contribution >= 4 is 29.5 Å². The molecule has 0 radical (unpaired) electrons. The van der Waals surface area contributed by atoms with Gasteiger partial charge in [-0.05, 0) is 13.3 Å². The number of carboxylic acids is 1. The minimum absolute atomic E-state index is 0.121. The van der Waals surface area contributed by atoms with Crippen LogP contribution < -0.4 is 5.32 Å². The summed E-state index contributed by atoms with van der Waals surface area (Å²) in [5.41, 5.74) is 0. The summed E-state index contributed by atoms with van der Waals surface area (Å²) in [5, 5.41) is 11.4. The standard InChI is InChI=1S/C11H15N3O4S/c1-3-6-9(16)13-5(2)8(15)14-7(10(17)18)4-19-11(13,14)12-6/h5-7,12H,3-4H2,1-2H3,(H,17,18)/t5-,6-,7-,11?/m0/s1. The Kier molecular flexibility index (Phi) is 2.59. The van der Waals surface area contributed by atoms with Crippen LogP contribution in [0.5, 0.6) is 0 Å². The smallest absolute Gasteiger partial charge is 0.327 e. The lowest BCUT2D eigenvalue weighted by atomic mass is 10.2. The van der Waals surface area contributed by atoms with Crippen molar-refractivity contribution in [3.63, 3.8) is 0 Å². The molecule has 4 atom stereocenters. The molecule has 19 heavy (non-hydrogen) atoms. The molecular weight excluding hydrogens is 270 g/mol. The summed E-state index contributed by atoms with van der Waals surface area (Å²) >= 11 is 1.32. The van der Waals surface area contributed by atoms with E-state index < -0.39 is 23.2 Å². The zero-order chi connectivity index (χ0) is 13.9. The summed E-state index contributed by atoms with van der Waals surface area (Å²) in [5.74, 6) is -1.15. The second kappa shape index (κ2) is 3.86. The van der Waals surface area contributed by atoms with Crippen molar-refractivity contribution in [2.24, 2.45) is 0 Å². The van der Waals surface area contributed by atoms with E-state index in [4.69, 9.17) is 0 Å². The summed E-state index contributed by atoms with van der Waals surface area (Å²) in [6.07, 6.45) is 0.615. The van der Waals surface area contributed by atoms with Crippen LogP contribution in [0.15, 0.2) is 0 Å². The number of carbonyl (C=O) groups is 3. The van der Waals surface area contributed by atoms with Gasteiger partial charge in [0.15, 0.2) is 0 Å². The molecule has 0 saturated carbocycles. The highest BCUT2D eigenvalue weighted by Gasteiger charge is 2.69. The van der Waals surface area contributed by atoms with Gasteiger partial charge in [-0.3, -0.25) is 24.7 Å². The van der Waals surface area contributed by atoms with Crippen LogP contribution in [0, 0.1) is 0 Å². The maximum Gasteiger partial charge on any atom is 0.327 e. The van der Waals surface area contributed by atoms with Gasteiger partial charge in [0.1, 0.15) is 12.1 Å². The molecule has 0 aromatic carbocycles. The molecule has 1 spiro atoms.